The maximum absolute atomic E-state index is 12.6. The van der Waals surface area contributed by atoms with Gasteiger partial charge in [0.1, 0.15) is 12.1 Å². The number of carbonyl (C=O) groups is 3. The highest BCUT2D eigenvalue weighted by atomic mass is 16.4. The molecule has 1 rings (SSSR count). The van der Waals surface area contributed by atoms with Crippen LogP contribution in [0, 0.1) is 11.8 Å². The van der Waals surface area contributed by atoms with Gasteiger partial charge in [0, 0.05) is 6.54 Å². The van der Waals surface area contributed by atoms with Crippen molar-refractivity contribution < 1.29 is 19.5 Å². The molecule has 1 heterocycles. The minimum atomic E-state index is -1.05. The molecule has 7 nitrogen and oxygen atoms in total. The molecule has 0 saturated carbocycles. The largest absolute Gasteiger partial charge is 0.480 e. The molecule has 4 N–H and O–H groups in total. The molecule has 1 aliphatic heterocycles. The average molecular weight is 341 g/mol. The number of aliphatic carboxylic acids is 1. The maximum Gasteiger partial charge on any atom is 0.326 e. The zero-order chi connectivity index (χ0) is 18.4. The molecule has 0 aromatic carbocycles. The number of nitrogens with one attached hydrogen (secondary N) is 1. The number of carboxylic acid groups (broad SMARTS) is 1. The van der Waals surface area contributed by atoms with Crippen molar-refractivity contribution in [1.82, 2.24) is 10.2 Å². The van der Waals surface area contributed by atoms with E-state index in [2.05, 4.69) is 5.32 Å². The lowest BCUT2D eigenvalue weighted by Crippen LogP contribution is -2.55. The van der Waals surface area contributed by atoms with Crippen LogP contribution in [0.1, 0.15) is 53.4 Å². The van der Waals surface area contributed by atoms with E-state index in [-0.39, 0.29) is 17.7 Å². The van der Waals surface area contributed by atoms with Crippen LogP contribution < -0.4 is 11.1 Å². The van der Waals surface area contributed by atoms with E-state index in [0.29, 0.717) is 19.4 Å². The molecule has 0 aromatic rings. The van der Waals surface area contributed by atoms with E-state index in [1.165, 1.54) is 4.90 Å². The first-order valence-electron chi connectivity index (χ1n) is 8.83. The minimum Gasteiger partial charge on any atom is -0.480 e. The summed E-state index contributed by atoms with van der Waals surface area (Å²) in [5.74, 6) is -1.82. The number of nitrogens with zero attached hydrogens (tertiary/aromatic N) is 1. The number of carbonyl (C=O) groups excluding carboxylic acids is 2. The number of amides is 2. The van der Waals surface area contributed by atoms with E-state index in [9.17, 15) is 19.5 Å². The van der Waals surface area contributed by atoms with Gasteiger partial charge in [-0.25, -0.2) is 4.79 Å². The van der Waals surface area contributed by atoms with Crippen molar-refractivity contribution in [3.8, 4) is 0 Å². The Hall–Kier alpha value is -1.63. The fourth-order valence-corrected chi connectivity index (χ4v) is 2.92. The summed E-state index contributed by atoms with van der Waals surface area (Å²) in [6.07, 6.45) is 2.69. The molecule has 0 unspecified atom stereocenters. The second-order valence-corrected chi connectivity index (χ2v) is 6.81. The first-order valence-corrected chi connectivity index (χ1v) is 8.83. The summed E-state index contributed by atoms with van der Waals surface area (Å²) in [5.41, 5.74) is 6.02. The normalized spacial score (nSPS) is 22.5. The topological polar surface area (TPSA) is 113 Å². The van der Waals surface area contributed by atoms with Crippen molar-refractivity contribution in [2.75, 3.05) is 6.54 Å². The first kappa shape index (κ1) is 20.4. The zero-order valence-corrected chi connectivity index (χ0v) is 15.1. The van der Waals surface area contributed by atoms with Crippen LogP contribution in [0.5, 0.6) is 0 Å². The van der Waals surface area contributed by atoms with Gasteiger partial charge in [0.2, 0.25) is 11.8 Å². The van der Waals surface area contributed by atoms with Gasteiger partial charge in [-0.1, -0.05) is 40.5 Å². The Morgan fingerprint density at radius 3 is 2.29 bits per heavy atom. The Bertz CT molecular complexity index is 469. The highest BCUT2D eigenvalue weighted by Crippen LogP contribution is 2.21. The third-order valence-corrected chi connectivity index (χ3v) is 5.16. The molecule has 0 aromatic heterocycles. The second kappa shape index (κ2) is 9.01. The van der Waals surface area contributed by atoms with Crippen molar-refractivity contribution >= 4 is 17.8 Å². The van der Waals surface area contributed by atoms with Gasteiger partial charge in [-0.05, 0) is 24.7 Å². The molecule has 1 saturated heterocycles. The van der Waals surface area contributed by atoms with Crippen molar-refractivity contribution in [2.24, 2.45) is 17.6 Å². The number of likely N-dealkylation sites (tertiary alicyclic amines) is 1. The highest BCUT2D eigenvalue weighted by molar-refractivity contribution is 5.92. The lowest BCUT2D eigenvalue weighted by molar-refractivity contribution is -0.145. The summed E-state index contributed by atoms with van der Waals surface area (Å²) >= 11 is 0. The van der Waals surface area contributed by atoms with Crippen LogP contribution in [0.25, 0.3) is 0 Å². The monoisotopic (exact) mass is 341 g/mol. The minimum absolute atomic E-state index is 0.0358. The predicted molar refractivity (Wildman–Crippen MR) is 91.2 cm³/mol. The molecular weight excluding hydrogens is 310 g/mol. The van der Waals surface area contributed by atoms with Crippen molar-refractivity contribution in [3.05, 3.63) is 0 Å². The fourth-order valence-electron chi connectivity index (χ4n) is 2.92. The van der Waals surface area contributed by atoms with Crippen LogP contribution in [-0.4, -0.2) is 52.5 Å². The molecule has 0 bridgehead atoms. The van der Waals surface area contributed by atoms with Gasteiger partial charge in [-0.3, -0.25) is 9.59 Å². The predicted octanol–water partition coefficient (Wildman–Crippen LogP) is 0.966. The van der Waals surface area contributed by atoms with Gasteiger partial charge in [-0.15, -0.1) is 0 Å². The van der Waals surface area contributed by atoms with E-state index in [4.69, 9.17) is 5.73 Å². The molecule has 7 heteroatoms. The molecule has 0 spiro atoms. The van der Waals surface area contributed by atoms with Crippen LogP contribution in [0.4, 0.5) is 0 Å². The molecule has 0 radical (unpaired) electrons. The third kappa shape index (κ3) is 4.69. The number of hydrogen-bond acceptors (Lipinski definition) is 4. The van der Waals surface area contributed by atoms with Gasteiger partial charge < -0.3 is 21.1 Å². The smallest absolute Gasteiger partial charge is 0.326 e. The van der Waals surface area contributed by atoms with Crippen LogP contribution >= 0.6 is 0 Å². The van der Waals surface area contributed by atoms with E-state index < -0.39 is 30.0 Å². The van der Waals surface area contributed by atoms with Crippen LogP contribution in [0.3, 0.4) is 0 Å². The number of carboxylic acids is 1. The molecule has 24 heavy (non-hydrogen) atoms. The summed E-state index contributed by atoms with van der Waals surface area (Å²) in [7, 11) is 0. The van der Waals surface area contributed by atoms with E-state index in [0.717, 1.165) is 12.8 Å². The SMILES string of the molecule is CC[C@@H](C)[C@@H](NC(=O)[C@H]1CCCN1C(=O)[C@@H](N)[C@@H](C)CC)C(=O)O. The van der Waals surface area contributed by atoms with Gasteiger partial charge in [0.05, 0.1) is 6.04 Å². The summed E-state index contributed by atoms with van der Waals surface area (Å²) in [4.78, 5) is 38.0. The summed E-state index contributed by atoms with van der Waals surface area (Å²) < 4.78 is 0. The molecule has 1 aliphatic rings. The van der Waals surface area contributed by atoms with E-state index in [1.807, 2.05) is 20.8 Å². The van der Waals surface area contributed by atoms with Crippen molar-refractivity contribution in [3.63, 3.8) is 0 Å². The Labute approximate surface area is 144 Å². The Kier molecular flexibility index (Phi) is 7.66. The number of hydrogen-bond donors (Lipinski definition) is 3. The molecular formula is C17H31N3O4. The third-order valence-electron chi connectivity index (χ3n) is 5.16. The Morgan fingerprint density at radius 1 is 1.21 bits per heavy atom. The average Bonchev–Trinajstić information content (AvgIpc) is 3.05. The summed E-state index contributed by atoms with van der Waals surface area (Å²) in [6, 6.07) is -2.20. The Morgan fingerprint density at radius 2 is 1.79 bits per heavy atom. The first-order chi connectivity index (χ1) is 11.2. The zero-order valence-electron chi connectivity index (χ0n) is 15.1. The Balaban J connectivity index is 2.82. The van der Waals surface area contributed by atoms with E-state index >= 15 is 0 Å². The standard InChI is InChI=1S/C17H31N3O4/c1-5-10(3)13(18)16(22)20-9-7-8-12(20)15(21)19-14(17(23)24)11(4)6-2/h10-14H,5-9,18H2,1-4H3,(H,19,21)(H,23,24)/t10-,11+,12+,13-,14+/m0/s1. The summed E-state index contributed by atoms with van der Waals surface area (Å²) in [6.45, 7) is 8.04. The van der Waals surface area contributed by atoms with Gasteiger partial charge in [0.15, 0.2) is 0 Å². The molecule has 1 fully saturated rings. The number of nitrogens with two attached hydrogens (primary N) is 1. The van der Waals surface area contributed by atoms with E-state index in [1.54, 1.807) is 6.92 Å². The lowest BCUT2D eigenvalue weighted by atomic mass is 9.97. The quantitative estimate of drug-likeness (QED) is 0.609. The van der Waals surface area contributed by atoms with Crippen LogP contribution in [0.2, 0.25) is 0 Å². The molecule has 2 amide bonds. The second-order valence-electron chi connectivity index (χ2n) is 6.81. The maximum atomic E-state index is 12.6. The van der Waals surface area contributed by atoms with Crippen molar-refractivity contribution in [2.45, 2.75) is 71.5 Å². The van der Waals surface area contributed by atoms with Crippen molar-refractivity contribution in [1.29, 1.82) is 0 Å². The summed E-state index contributed by atoms with van der Waals surface area (Å²) in [5, 5.41) is 11.9. The van der Waals surface area contributed by atoms with Crippen LogP contribution in [-0.2, 0) is 14.4 Å². The van der Waals surface area contributed by atoms with Gasteiger partial charge >= 0.3 is 5.97 Å². The molecule has 138 valence electrons. The van der Waals surface area contributed by atoms with Gasteiger partial charge in [0.25, 0.3) is 0 Å². The molecule has 0 aliphatic carbocycles. The van der Waals surface area contributed by atoms with Gasteiger partial charge in [-0.2, -0.15) is 0 Å². The number of rotatable bonds is 8. The lowest BCUT2D eigenvalue weighted by Gasteiger charge is -2.30. The fraction of sp³-hybridized carbons (Fsp3) is 0.824. The van der Waals surface area contributed by atoms with Crippen LogP contribution in [0.15, 0.2) is 0 Å². The highest BCUT2D eigenvalue weighted by Gasteiger charge is 2.38. The molecule has 5 atom stereocenters.